The van der Waals surface area contributed by atoms with Crippen molar-refractivity contribution in [1.29, 1.82) is 0 Å². The van der Waals surface area contributed by atoms with E-state index in [2.05, 4.69) is 38.3 Å². The van der Waals surface area contributed by atoms with E-state index in [1.807, 2.05) is 6.92 Å². The zero-order valence-corrected chi connectivity index (χ0v) is 12.4. The van der Waals surface area contributed by atoms with E-state index in [4.69, 9.17) is 0 Å². The van der Waals surface area contributed by atoms with Gasteiger partial charge in [0.05, 0.1) is 10.7 Å². The van der Waals surface area contributed by atoms with Crippen LogP contribution < -0.4 is 5.32 Å². The highest BCUT2D eigenvalue weighted by Gasteiger charge is 2.22. The van der Waals surface area contributed by atoms with Crippen LogP contribution in [0.1, 0.15) is 30.3 Å². The maximum absolute atomic E-state index is 12.2. The van der Waals surface area contributed by atoms with Gasteiger partial charge in [0.1, 0.15) is 5.69 Å². The van der Waals surface area contributed by atoms with E-state index in [1.54, 1.807) is 10.9 Å². The molecule has 1 aliphatic heterocycles. The van der Waals surface area contributed by atoms with E-state index in [-0.39, 0.29) is 11.9 Å². The molecule has 1 fully saturated rings. The second kappa shape index (κ2) is 5.84. The Morgan fingerprint density at radius 1 is 1.56 bits per heavy atom. The van der Waals surface area contributed by atoms with Gasteiger partial charge in [-0.25, -0.2) is 0 Å². The number of carbonyl (C=O) groups is 1. The molecule has 0 radical (unpaired) electrons. The number of amides is 1. The van der Waals surface area contributed by atoms with Crippen LogP contribution in [0.2, 0.25) is 0 Å². The summed E-state index contributed by atoms with van der Waals surface area (Å²) in [5, 5.41) is 7.26. The molecule has 1 aliphatic rings. The third-order valence-corrected chi connectivity index (χ3v) is 3.94. The topological polar surface area (TPSA) is 50.2 Å². The summed E-state index contributed by atoms with van der Waals surface area (Å²) in [7, 11) is 2.11. The molecular weight excluding hydrogens is 296 g/mol. The minimum atomic E-state index is -0.0317. The van der Waals surface area contributed by atoms with Crippen molar-refractivity contribution in [3.63, 3.8) is 0 Å². The highest BCUT2D eigenvalue weighted by atomic mass is 79.9. The molecule has 0 aromatic carbocycles. The molecule has 1 N–H and O–H groups in total. The third kappa shape index (κ3) is 2.92. The Balaban J connectivity index is 2.01. The minimum Gasteiger partial charge on any atom is -0.348 e. The van der Waals surface area contributed by atoms with E-state index in [9.17, 15) is 4.79 Å². The number of carbonyl (C=O) groups excluding carboxylic acids is 1. The number of hydrogen-bond acceptors (Lipinski definition) is 3. The molecule has 1 aromatic heterocycles. The number of nitrogens with one attached hydrogen (secondary N) is 1. The van der Waals surface area contributed by atoms with Crippen molar-refractivity contribution in [2.75, 3.05) is 20.1 Å². The van der Waals surface area contributed by atoms with Gasteiger partial charge in [0, 0.05) is 12.6 Å². The lowest BCUT2D eigenvalue weighted by Crippen LogP contribution is -2.43. The number of hydrogen-bond donors (Lipinski definition) is 1. The molecule has 2 rings (SSSR count). The summed E-state index contributed by atoms with van der Waals surface area (Å²) in [6.07, 6.45) is 3.70. The Bertz CT molecular complexity index is 424. The van der Waals surface area contributed by atoms with Crippen molar-refractivity contribution >= 4 is 21.8 Å². The first kappa shape index (κ1) is 13.5. The van der Waals surface area contributed by atoms with E-state index in [0.29, 0.717) is 12.2 Å². The van der Waals surface area contributed by atoms with Crippen LogP contribution in [0.15, 0.2) is 10.7 Å². The number of aryl methyl sites for hydroxylation is 1. The van der Waals surface area contributed by atoms with Gasteiger partial charge in [-0.1, -0.05) is 0 Å². The first-order chi connectivity index (χ1) is 8.61. The summed E-state index contributed by atoms with van der Waals surface area (Å²) < 4.78 is 2.48. The molecule has 0 bridgehead atoms. The number of aromatic nitrogens is 2. The molecule has 0 aliphatic carbocycles. The molecular formula is C12H19BrN4O. The molecule has 0 spiro atoms. The van der Waals surface area contributed by atoms with E-state index < -0.39 is 0 Å². The van der Waals surface area contributed by atoms with Gasteiger partial charge >= 0.3 is 0 Å². The van der Waals surface area contributed by atoms with Crippen LogP contribution in [-0.4, -0.2) is 46.8 Å². The van der Waals surface area contributed by atoms with Crippen LogP contribution in [0, 0.1) is 0 Å². The second-order valence-corrected chi connectivity index (χ2v) is 5.56. The summed E-state index contributed by atoms with van der Waals surface area (Å²) in [4.78, 5) is 14.5. The zero-order valence-electron chi connectivity index (χ0n) is 10.8. The molecule has 0 atom stereocenters. The molecule has 6 heteroatoms. The molecule has 18 heavy (non-hydrogen) atoms. The fraction of sp³-hybridized carbons (Fsp3) is 0.667. The summed E-state index contributed by atoms with van der Waals surface area (Å²) in [5.41, 5.74) is 0.622. The van der Waals surface area contributed by atoms with Gasteiger partial charge < -0.3 is 10.2 Å². The van der Waals surface area contributed by atoms with E-state index >= 15 is 0 Å². The van der Waals surface area contributed by atoms with E-state index in [1.165, 1.54) is 0 Å². The largest absolute Gasteiger partial charge is 0.348 e. The van der Waals surface area contributed by atoms with Crippen molar-refractivity contribution in [3.8, 4) is 0 Å². The average molecular weight is 315 g/mol. The summed E-state index contributed by atoms with van der Waals surface area (Å²) >= 11 is 3.38. The number of rotatable bonds is 3. The van der Waals surface area contributed by atoms with Gasteiger partial charge in [-0.3, -0.25) is 9.48 Å². The molecule has 0 unspecified atom stereocenters. The summed E-state index contributed by atoms with van der Waals surface area (Å²) in [5.74, 6) is -0.0317. The van der Waals surface area contributed by atoms with Gasteiger partial charge in [0.25, 0.3) is 5.91 Å². The Hall–Kier alpha value is -0.880. The first-order valence-corrected chi connectivity index (χ1v) is 7.11. The molecule has 2 heterocycles. The highest BCUT2D eigenvalue weighted by molar-refractivity contribution is 9.10. The lowest BCUT2D eigenvalue weighted by molar-refractivity contribution is 0.0905. The smallest absolute Gasteiger partial charge is 0.270 e. The van der Waals surface area contributed by atoms with Crippen LogP contribution in [-0.2, 0) is 6.54 Å². The van der Waals surface area contributed by atoms with Crippen molar-refractivity contribution in [1.82, 2.24) is 20.0 Å². The Kier molecular flexibility index (Phi) is 4.40. The van der Waals surface area contributed by atoms with Crippen molar-refractivity contribution in [2.24, 2.45) is 0 Å². The molecule has 1 aromatic rings. The lowest BCUT2D eigenvalue weighted by Gasteiger charge is -2.29. The quantitative estimate of drug-likeness (QED) is 0.919. The van der Waals surface area contributed by atoms with Gasteiger partial charge in [-0.15, -0.1) is 0 Å². The fourth-order valence-electron chi connectivity index (χ4n) is 2.23. The predicted octanol–water partition coefficient (Wildman–Crippen LogP) is 1.49. The van der Waals surface area contributed by atoms with Gasteiger partial charge in [0.2, 0.25) is 0 Å². The van der Waals surface area contributed by atoms with Crippen LogP contribution >= 0.6 is 15.9 Å². The molecule has 5 nitrogen and oxygen atoms in total. The number of nitrogens with zero attached hydrogens (tertiary/aromatic N) is 3. The number of piperidine rings is 1. The SMILES string of the molecule is CCn1ncc(Br)c1C(=O)NC1CCN(C)CC1. The summed E-state index contributed by atoms with van der Waals surface area (Å²) in [6.45, 7) is 4.76. The Morgan fingerprint density at radius 2 is 2.22 bits per heavy atom. The Morgan fingerprint density at radius 3 is 2.83 bits per heavy atom. The fourth-order valence-corrected chi connectivity index (χ4v) is 2.71. The number of halogens is 1. The van der Waals surface area contributed by atoms with Crippen molar-refractivity contribution in [3.05, 3.63) is 16.4 Å². The zero-order chi connectivity index (χ0) is 13.1. The normalized spacial score (nSPS) is 17.9. The molecule has 1 amide bonds. The average Bonchev–Trinajstić information content (AvgIpc) is 2.73. The standard InChI is InChI=1S/C12H19BrN4O/c1-3-17-11(10(13)8-14-17)12(18)15-9-4-6-16(2)7-5-9/h8-9H,3-7H2,1-2H3,(H,15,18). The van der Waals surface area contributed by atoms with E-state index in [0.717, 1.165) is 30.4 Å². The van der Waals surface area contributed by atoms with Crippen LogP contribution in [0.3, 0.4) is 0 Å². The van der Waals surface area contributed by atoms with Crippen LogP contribution in [0.4, 0.5) is 0 Å². The van der Waals surface area contributed by atoms with Gasteiger partial charge in [-0.05, 0) is 55.8 Å². The maximum atomic E-state index is 12.2. The van der Waals surface area contributed by atoms with Crippen LogP contribution in [0.5, 0.6) is 0 Å². The first-order valence-electron chi connectivity index (χ1n) is 6.32. The lowest BCUT2D eigenvalue weighted by atomic mass is 10.1. The second-order valence-electron chi connectivity index (χ2n) is 4.71. The summed E-state index contributed by atoms with van der Waals surface area (Å²) in [6, 6.07) is 0.279. The third-order valence-electron chi connectivity index (χ3n) is 3.36. The van der Waals surface area contributed by atoms with Gasteiger partial charge in [-0.2, -0.15) is 5.10 Å². The number of likely N-dealkylation sites (tertiary alicyclic amines) is 1. The van der Waals surface area contributed by atoms with Crippen LogP contribution in [0.25, 0.3) is 0 Å². The predicted molar refractivity (Wildman–Crippen MR) is 73.6 cm³/mol. The maximum Gasteiger partial charge on any atom is 0.270 e. The Labute approximate surface area is 116 Å². The molecule has 0 saturated carbocycles. The molecule has 100 valence electrons. The minimum absolute atomic E-state index is 0.0317. The monoisotopic (exact) mass is 314 g/mol. The highest BCUT2D eigenvalue weighted by Crippen LogP contribution is 2.17. The van der Waals surface area contributed by atoms with Gasteiger partial charge in [0.15, 0.2) is 0 Å². The van der Waals surface area contributed by atoms with Crippen molar-refractivity contribution in [2.45, 2.75) is 32.4 Å². The van der Waals surface area contributed by atoms with Crippen molar-refractivity contribution < 1.29 is 4.79 Å². The molecule has 1 saturated heterocycles.